The summed E-state index contributed by atoms with van der Waals surface area (Å²) >= 11 is 0. The van der Waals surface area contributed by atoms with Crippen LogP contribution in [-0.2, 0) is 20.6 Å². The van der Waals surface area contributed by atoms with Crippen molar-refractivity contribution in [2.24, 2.45) is 0 Å². The van der Waals surface area contributed by atoms with Crippen molar-refractivity contribution >= 4 is 5.78 Å². The summed E-state index contributed by atoms with van der Waals surface area (Å²) in [4.78, 5) is 21.5. The highest BCUT2D eigenvalue weighted by Gasteiger charge is 2.42. The molecular formula is C15H14O5. The first kappa shape index (κ1) is 14.4. The molecule has 5 nitrogen and oxygen atoms in total. The SMILES string of the molecule is COOOC(O)(C(=O)c1ccccc1)c1ccccc1. The second-order valence-electron chi connectivity index (χ2n) is 4.02. The molecule has 0 aliphatic carbocycles. The van der Waals surface area contributed by atoms with E-state index in [0.717, 1.165) is 0 Å². The molecular weight excluding hydrogens is 260 g/mol. The molecule has 20 heavy (non-hydrogen) atoms. The maximum Gasteiger partial charge on any atom is 0.292 e. The minimum Gasteiger partial charge on any atom is -0.354 e. The molecule has 0 radical (unpaired) electrons. The average Bonchev–Trinajstić information content (AvgIpc) is 2.53. The Labute approximate surface area is 116 Å². The van der Waals surface area contributed by atoms with Crippen LogP contribution >= 0.6 is 0 Å². The van der Waals surface area contributed by atoms with Gasteiger partial charge in [0, 0.05) is 11.1 Å². The van der Waals surface area contributed by atoms with E-state index in [9.17, 15) is 9.90 Å². The number of hydrogen-bond donors (Lipinski definition) is 1. The van der Waals surface area contributed by atoms with Gasteiger partial charge in [-0.05, 0) is 0 Å². The summed E-state index contributed by atoms with van der Waals surface area (Å²) in [6.45, 7) is 0. The van der Waals surface area contributed by atoms with E-state index in [-0.39, 0.29) is 5.56 Å². The molecule has 5 heteroatoms. The molecule has 2 aromatic rings. The lowest BCUT2D eigenvalue weighted by molar-refractivity contribution is -0.554. The predicted octanol–water partition coefficient (Wildman–Crippen LogP) is 2.22. The number of carbonyl (C=O) groups excluding carboxylic acids is 1. The van der Waals surface area contributed by atoms with Crippen molar-refractivity contribution in [3.05, 3.63) is 71.8 Å². The molecule has 1 N–H and O–H groups in total. The normalized spacial score (nSPS) is 13.7. The van der Waals surface area contributed by atoms with Crippen LogP contribution in [0.1, 0.15) is 15.9 Å². The van der Waals surface area contributed by atoms with Crippen LogP contribution in [0.3, 0.4) is 0 Å². The fourth-order valence-electron chi connectivity index (χ4n) is 1.75. The average molecular weight is 274 g/mol. The van der Waals surface area contributed by atoms with Gasteiger partial charge in [0.2, 0.25) is 5.78 Å². The molecule has 0 aromatic heterocycles. The van der Waals surface area contributed by atoms with Gasteiger partial charge in [-0.1, -0.05) is 65.7 Å². The molecule has 0 saturated carbocycles. The van der Waals surface area contributed by atoms with Gasteiger partial charge in [-0.25, -0.2) is 4.89 Å². The Balaban J connectivity index is 2.39. The number of Topliss-reactive ketones (excluding diaryl/α,β-unsaturated/α-hetero) is 1. The van der Waals surface area contributed by atoms with Crippen molar-refractivity contribution in [2.45, 2.75) is 5.79 Å². The minimum atomic E-state index is -2.28. The third kappa shape index (κ3) is 2.92. The standard InChI is InChI=1S/C15H14O5/c1-18-20-19-15(17,13-10-6-3-7-11-13)14(16)12-8-4-2-5-9-12/h2-11,17H,1H3. The van der Waals surface area contributed by atoms with Crippen LogP contribution in [0.4, 0.5) is 0 Å². The lowest BCUT2D eigenvalue weighted by atomic mass is 9.96. The van der Waals surface area contributed by atoms with E-state index in [1.165, 1.54) is 7.11 Å². The first-order valence-electron chi connectivity index (χ1n) is 5.94. The number of ketones is 1. The zero-order chi connectivity index (χ0) is 14.4. The zero-order valence-electron chi connectivity index (χ0n) is 10.9. The highest BCUT2D eigenvalue weighted by molar-refractivity contribution is 6.01. The summed E-state index contributed by atoms with van der Waals surface area (Å²) in [6, 6.07) is 16.5. The van der Waals surface area contributed by atoms with Crippen LogP contribution in [0.5, 0.6) is 0 Å². The van der Waals surface area contributed by atoms with Crippen LogP contribution in [0.25, 0.3) is 0 Å². The van der Waals surface area contributed by atoms with Gasteiger partial charge in [0.05, 0.1) is 7.11 Å². The van der Waals surface area contributed by atoms with Crippen LogP contribution in [0.2, 0.25) is 0 Å². The Morgan fingerprint density at radius 2 is 1.55 bits per heavy atom. The van der Waals surface area contributed by atoms with Gasteiger partial charge in [0.15, 0.2) is 0 Å². The third-order valence-corrected chi connectivity index (χ3v) is 2.73. The van der Waals surface area contributed by atoms with Crippen LogP contribution in [0, 0.1) is 0 Å². The van der Waals surface area contributed by atoms with Gasteiger partial charge < -0.3 is 5.11 Å². The molecule has 0 heterocycles. The Bertz CT molecular complexity index is 555. The summed E-state index contributed by atoms with van der Waals surface area (Å²) in [5.41, 5.74) is 0.532. The van der Waals surface area contributed by atoms with Crippen molar-refractivity contribution in [3.8, 4) is 0 Å². The molecule has 0 aliphatic heterocycles. The summed E-state index contributed by atoms with van der Waals surface area (Å²) in [7, 11) is 1.21. The molecule has 1 atom stereocenters. The Hall–Kier alpha value is -2.05. The van der Waals surface area contributed by atoms with Gasteiger partial charge in [0.1, 0.15) is 0 Å². The first-order chi connectivity index (χ1) is 9.68. The van der Waals surface area contributed by atoms with E-state index in [1.54, 1.807) is 60.7 Å². The highest BCUT2D eigenvalue weighted by Crippen LogP contribution is 2.27. The fourth-order valence-corrected chi connectivity index (χ4v) is 1.75. The van der Waals surface area contributed by atoms with E-state index >= 15 is 0 Å². The number of carbonyl (C=O) groups is 1. The maximum atomic E-state index is 12.5. The molecule has 104 valence electrons. The molecule has 2 rings (SSSR count). The van der Waals surface area contributed by atoms with E-state index in [1.807, 2.05) is 0 Å². The Morgan fingerprint density at radius 1 is 1.00 bits per heavy atom. The van der Waals surface area contributed by atoms with Crippen molar-refractivity contribution in [1.82, 2.24) is 0 Å². The highest BCUT2D eigenvalue weighted by atomic mass is 17.5. The zero-order valence-corrected chi connectivity index (χ0v) is 10.9. The van der Waals surface area contributed by atoms with Gasteiger partial charge in [-0.2, -0.15) is 4.89 Å². The largest absolute Gasteiger partial charge is 0.354 e. The molecule has 0 spiro atoms. The van der Waals surface area contributed by atoms with Crippen LogP contribution < -0.4 is 0 Å². The maximum absolute atomic E-state index is 12.5. The molecule has 0 bridgehead atoms. The summed E-state index contributed by atoms with van der Waals surface area (Å²) in [6.07, 6.45) is 0. The Kier molecular flexibility index (Phi) is 4.60. The van der Waals surface area contributed by atoms with E-state index < -0.39 is 11.6 Å². The van der Waals surface area contributed by atoms with Gasteiger partial charge in [0.25, 0.3) is 5.79 Å². The van der Waals surface area contributed by atoms with Crippen molar-refractivity contribution in [2.75, 3.05) is 7.11 Å². The number of aliphatic hydroxyl groups is 1. The quantitative estimate of drug-likeness (QED) is 0.379. The topological polar surface area (TPSA) is 65.0 Å². The second kappa shape index (κ2) is 6.40. The van der Waals surface area contributed by atoms with Gasteiger partial charge in [-0.3, -0.25) is 4.79 Å². The smallest absolute Gasteiger partial charge is 0.292 e. The molecule has 0 fully saturated rings. The minimum absolute atomic E-state index is 0.242. The first-order valence-corrected chi connectivity index (χ1v) is 5.94. The summed E-state index contributed by atoms with van der Waals surface area (Å²) in [5.74, 6) is -2.93. The number of benzene rings is 2. The van der Waals surface area contributed by atoms with Gasteiger partial charge >= 0.3 is 0 Å². The molecule has 0 saturated heterocycles. The van der Waals surface area contributed by atoms with E-state index in [0.29, 0.717) is 5.56 Å². The van der Waals surface area contributed by atoms with Crippen molar-refractivity contribution in [3.63, 3.8) is 0 Å². The third-order valence-electron chi connectivity index (χ3n) is 2.73. The summed E-state index contributed by atoms with van der Waals surface area (Å²) in [5, 5.41) is 14.9. The van der Waals surface area contributed by atoms with Crippen molar-refractivity contribution in [1.29, 1.82) is 0 Å². The fraction of sp³-hybridized carbons (Fsp3) is 0.133. The van der Waals surface area contributed by atoms with Crippen LogP contribution in [0.15, 0.2) is 60.7 Å². The number of rotatable bonds is 6. The molecule has 1 unspecified atom stereocenters. The lowest BCUT2D eigenvalue weighted by Gasteiger charge is -2.24. The van der Waals surface area contributed by atoms with Crippen molar-refractivity contribution < 1.29 is 24.7 Å². The molecule has 0 amide bonds. The second-order valence-corrected chi connectivity index (χ2v) is 4.02. The van der Waals surface area contributed by atoms with Crippen LogP contribution in [-0.4, -0.2) is 18.0 Å². The Morgan fingerprint density at radius 3 is 2.10 bits per heavy atom. The monoisotopic (exact) mass is 274 g/mol. The van der Waals surface area contributed by atoms with E-state index in [2.05, 4.69) is 9.93 Å². The van der Waals surface area contributed by atoms with Gasteiger partial charge in [-0.15, -0.1) is 0 Å². The molecule has 2 aromatic carbocycles. The van der Waals surface area contributed by atoms with E-state index in [4.69, 9.17) is 4.89 Å². The number of hydrogen-bond acceptors (Lipinski definition) is 5. The summed E-state index contributed by atoms with van der Waals surface area (Å²) < 4.78 is 0. The molecule has 0 aliphatic rings. The predicted molar refractivity (Wildman–Crippen MR) is 70.3 cm³/mol. The lowest BCUT2D eigenvalue weighted by Crippen LogP contribution is -2.38.